The van der Waals surface area contributed by atoms with Gasteiger partial charge in [-0.15, -0.1) is 0 Å². The lowest BCUT2D eigenvalue weighted by molar-refractivity contribution is -0.146. The van der Waals surface area contributed by atoms with Crippen molar-refractivity contribution in [2.75, 3.05) is 6.54 Å². The molecule has 1 fully saturated rings. The summed E-state index contributed by atoms with van der Waals surface area (Å²) in [5.74, 6) is -2.03. The Morgan fingerprint density at radius 1 is 1.40 bits per heavy atom. The fourth-order valence-electron chi connectivity index (χ4n) is 2.27. The van der Waals surface area contributed by atoms with E-state index in [0.717, 1.165) is 31.2 Å². The summed E-state index contributed by atoms with van der Waals surface area (Å²) >= 11 is 0. The van der Waals surface area contributed by atoms with Crippen molar-refractivity contribution in [3.8, 4) is 0 Å². The van der Waals surface area contributed by atoms with Crippen LogP contribution in [0.5, 0.6) is 0 Å². The predicted octanol–water partition coefficient (Wildman–Crippen LogP) is 1.40. The molecule has 2 unspecified atom stereocenters. The Morgan fingerprint density at radius 3 is 2.45 bits per heavy atom. The number of carboxylic acids is 1. The molecule has 0 spiro atoms. The van der Waals surface area contributed by atoms with Gasteiger partial charge in [-0.05, 0) is 31.2 Å². The molecule has 1 aliphatic rings. The second-order valence-corrected chi connectivity index (χ2v) is 6.73. The standard InChI is InChI=1S/C12H13F2NO4S/c1-12(11(16)17)6-9(14)7-15(12)20(18,19)10-4-2-8(13)3-5-10/h2-5,9H,6-7H2,1H3,(H,16,17). The van der Waals surface area contributed by atoms with Gasteiger partial charge in [0.2, 0.25) is 10.0 Å². The lowest BCUT2D eigenvalue weighted by Crippen LogP contribution is -2.50. The Morgan fingerprint density at radius 2 is 1.95 bits per heavy atom. The number of hydrogen-bond donors (Lipinski definition) is 1. The summed E-state index contributed by atoms with van der Waals surface area (Å²) < 4.78 is 51.7. The van der Waals surface area contributed by atoms with Crippen LogP contribution >= 0.6 is 0 Å². The molecule has 5 nitrogen and oxygen atoms in total. The highest BCUT2D eigenvalue weighted by Gasteiger charge is 2.53. The maximum atomic E-state index is 13.5. The van der Waals surface area contributed by atoms with Crippen molar-refractivity contribution in [1.82, 2.24) is 4.31 Å². The molecule has 1 aromatic rings. The highest BCUT2D eigenvalue weighted by Crippen LogP contribution is 2.36. The maximum absolute atomic E-state index is 13.5. The average Bonchev–Trinajstić information content (AvgIpc) is 2.67. The summed E-state index contributed by atoms with van der Waals surface area (Å²) in [6, 6.07) is 3.96. The fraction of sp³-hybridized carbons (Fsp3) is 0.417. The second-order valence-electron chi connectivity index (χ2n) is 4.87. The van der Waals surface area contributed by atoms with E-state index in [0.29, 0.717) is 4.31 Å². The molecule has 110 valence electrons. The van der Waals surface area contributed by atoms with Gasteiger partial charge < -0.3 is 5.11 Å². The molecule has 2 rings (SSSR count). The summed E-state index contributed by atoms with van der Waals surface area (Å²) in [5, 5.41) is 9.18. The van der Waals surface area contributed by atoms with Gasteiger partial charge in [0.15, 0.2) is 0 Å². The Kier molecular flexibility index (Phi) is 3.55. The van der Waals surface area contributed by atoms with Crippen molar-refractivity contribution in [2.24, 2.45) is 0 Å². The van der Waals surface area contributed by atoms with Gasteiger partial charge in [0.05, 0.1) is 4.90 Å². The number of nitrogens with zero attached hydrogens (tertiary/aromatic N) is 1. The van der Waals surface area contributed by atoms with Gasteiger partial charge in [0.25, 0.3) is 0 Å². The van der Waals surface area contributed by atoms with Gasteiger partial charge in [-0.1, -0.05) is 0 Å². The van der Waals surface area contributed by atoms with Crippen LogP contribution in [0.2, 0.25) is 0 Å². The van der Waals surface area contributed by atoms with Gasteiger partial charge in [-0.25, -0.2) is 17.2 Å². The lowest BCUT2D eigenvalue weighted by atomic mass is 10.0. The second kappa shape index (κ2) is 4.78. The zero-order valence-electron chi connectivity index (χ0n) is 10.6. The number of rotatable bonds is 3. The van der Waals surface area contributed by atoms with Crippen LogP contribution in [0.4, 0.5) is 8.78 Å². The van der Waals surface area contributed by atoms with Gasteiger partial charge >= 0.3 is 5.97 Å². The molecule has 0 saturated carbocycles. The summed E-state index contributed by atoms with van der Waals surface area (Å²) in [6.45, 7) is 0.637. The first kappa shape index (κ1) is 14.9. The maximum Gasteiger partial charge on any atom is 0.324 e. The molecule has 2 atom stereocenters. The Hall–Kier alpha value is -1.54. The van der Waals surface area contributed by atoms with E-state index in [1.165, 1.54) is 0 Å². The number of halogens is 2. The van der Waals surface area contributed by atoms with Gasteiger partial charge in [-0.2, -0.15) is 4.31 Å². The Balaban J connectivity index is 2.48. The van der Waals surface area contributed by atoms with E-state index >= 15 is 0 Å². The summed E-state index contributed by atoms with van der Waals surface area (Å²) in [5.41, 5.74) is -1.84. The fourth-order valence-corrected chi connectivity index (χ4v) is 4.05. The highest BCUT2D eigenvalue weighted by molar-refractivity contribution is 7.89. The minimum absolute atomic E-state index is 0.263. The smallest absolute Gasteiger partial charge is 0.324 e. The summed E-state index contributed by atoms with van der Waals surface area (Å²) in [6.07, 6.45) is -1.96. The van der Waals surface area contributed by atoms with Crippen LogP contribution in [0.3, 0.4) is 0 Å². The average molecular weight is 305 g/mol. The highest BCUT2D eigenvalue weighted by atomic mass is 32.2. The van der Waals surface area contributed by atoms with E-state index in [1.54, 1.807) is 0 Å². The van der Waals surface area contributed by atoms with Crippen LogP contribution in [-0.4, -0.2) is 42.1 Å². The van der Waals surface area contributed by atoms with Crippen LogP contribution in [0.15, 0.2) is 29.2 Å². The van der Waals surface area contributed by atoms with Gasteiger partial charge in [0, 0.05) is 13.0 Å². The number of alkyl halides is 1. The van der Waals surface area contributed by atoms with Crippen molar-refractivity contribution in [1.29, 1.82) is 0 Å². The van der Waals surface area contributed by atoms with Gasteiger partial charge in [-0.3, -0.25) is 4.79 Å². The molecule has 0 amide bonds. The third-order valence-corrected chi connectivity index (χ3v) is 5.40. The summed E-state index contributed by atoms with van der Waals surface area (Å²) in [7, 11) is -4.20. The number of carbonyl (C=O) groups is 1. The molecule has 0 aromatic heterocycles. The topological polar surface area (TPSA) is 74.7 Å². The first-order chi connectivity index (χ1) is 9.18. The number of aliphatic carboxylic acids is 1. The molecule has 0 radical (unpaired) electrons. The third kappa shape index (κ3) is 2.29. The first-order valence-corrected chi connectivity index (χ1v) is 7.28. The molecule has 1 heterocycles. The SMILES string of the molecule is CC1(C(=O)O)CC(F)CN1S(=O)(=O)c1ccc(F)cc1. The monoisotopic (exact) mass is 305 g/mol. The van der Waals surface area contributed by atoms with Crippen LogP contribution in [0.25, 0.3) is 0 Å². The largest absolute Gasteiger partial charge is 0.480 e. The van der Waals surface area contributed by atoms with Crippen LogP contribution < -0.4 is 0 Å². The van der Waals surface area contributed by atoms with E-state index in [4.69, 9.17) is 0 Å². The molecule has 1 N–H and O–H groups in total. The van der Waals surface area contributed by atoms with Crippen molar-refractivity contribution in [3.05, 3.63) is 30.1 Å². The molecule has 1 aromatic carbocycles. The van der Waals surface area contributed by atoms with E-state index in [-0.39, 0.29) is 4.90 Å². The molecule has 1 aliphatic heterocycles. The molecule has 1 saturated heterocycles. The van der Waals surface area contributed by atoms with E-state index < -0.39 is 46.5 Å². The summed E-state index contributed by atoms with van der Waals surface area (Å²) in [4.78, 5) is 11.0. The molecule has 0 aliphatic carbocycles. The van der Waals surface area contributed by atoms with Crippen molar-refractivity contribution in [3.63, 3.8) is 0 Å². The van der Waals surface area contributed by atoms with E-state index in [9.17, 15) is 27.1 Å². The number of sulfonamides is 1. The van der Waals surface area contributed by atoms with Crippen LogP contribution in [0, 0.1) is 5.82 Å². The molecular weight excluding hydrogens is 292 g/mol. The molecule has 0 bridgehead atoms. The first-order valence-electron chi connectivity index (χ1n) is 5.84. The van der Waals surface area contributed by atoms with Crippen molar-refractivity contribution < 1.29 is 27.1 Å². The van der Waals surface area contributed by atoms with E-state index in [1.807, 2.05) is 0 Å². The predicted molar refractivity (Wildman–Crippen MR) is 65.8 cm³/mol. The Labute approximate surface area is 114 Å². The zero-order valence-corrected chi connectivity index (χ0v) is 11.4. The lowest BCUT2D eigenvalue weighted by Gasteiger charge is -2.29. The van der Waals surface area contributed by atoms with E-state index in [2.05, 4.69) is 0 Å². The molecule has 8 heteroatoms. The minimum atomic E-state index is -4.20. The van der Waals surface area contributed by atoms with Crippen molar-refractivity contribution >= 4 is 16.0 Å². The third-order valence-electron chi connectivity index (χ3n) is 3.40. The van der Waals surface area contributed by atoms with Crippen LogP contribution in [0.1, 0.15) is 13.3 Å². The normalized spacial score (nSPS) is 27.6. The quantitative estimate of drug-likeness (QED) is 0.916. The number of benzene rings is 1. The molecular formula is C12H13F2NO4S. The van der Waals surface area contributed by atoms with Gasteiger partial charge in [0.1, 0.15) is 17.5 Å². The molecule has 20 heavy (non-hydrogen) atoms. The van der Waals surface area contributed by atoms with Crippen LogP contribution in [-0.2, 0) is 14.8 Å². The van der Waals surface area contributed by atoms with Crippen molar-refractivity contribution in [2.45, 2.75) is 30.0 Å². The minimum Gasteiger partial charge on any atom is -0.480 e. The number of hydrogen-bond acceptors (Lipinski definition) is 3. The Bertz CT molecular complexity index is 631. The zero-order chi connectivity index (χ0) is 15.1. The number of carboxylic acid groups (broad SMARTS) is 1.